The zero-order valence-electron chi connectivity index (χ0n) is 18.0. The van der Waals surface area contributed by atoms with Crippen LogP contribution in [0.25, 0.3) is 16.8 Å². The average Bonchev–Trinajstić information content (AvgIpc) is 2.83. The molecule has 0 aliphatic rings. The van der Waals surface area contributed by atoms with E-state index in [1.807, 2.05) is 67.6 Å². The maximum absolute atomic E-state index is 12.6. The fourth-order valence-corrected chi connectivity index (χ4v) is 4.13. The van der Waals surface area contributed by atoms with Crippen molar-refractivity contribution in [2.45, 2.75) is 13.5 Å². The first kappa shape index (κ1) is 22.6. The van der Waals surface area contributed by atoms with Crippen molar-refractivity contribution < 1.29 is 9.53 Å². The lowest BCUT2D eigenvalue weighted by Crippen LogP contribution is -2.14. The Balaban J connectivity index is 1.46. The minimum Gasteiger partial charge on any atom is -0.488 e. The number of aryl methyl sites for hydroxylation is 1. The number of nitriles is 1. The molecule has 4 rings (SSSR count). The molecule has 4 aromatic carbocycles. The number of fused-ring (bicyclic) bond motifs is 1. The Kier molecular flexibility index (Phi) is 7.06. The monoisotopic (exact) mass is 544 g/mol. The molecule has 0 atom stereocenters. The number of ether oxygens (including phenoxy) is 1. The molecule has 1 amide bonds. The second-order valence-electron chi connectivity index (χ2n) is 7.60. The molecule has 0 aromatic heterocycles. The van der Waals surface area contributed by atoms with E-state index in [1.54, 1.807) is 6.08 Å². The van der Waals surface area contributed by atoms with E-state index in [0.717, 1.165) is 26.0 Å². The van der Waals surface area contributed by atoms with Crippen LogP contribution < -0.4 is 10.1 Å². The summed E-state index contributed by atoms with van der Waals surface area (Å²) in [6, 6.07) is 29.6. The predicted octanol–water partition coefficient (Wildman–Crippen LogP) is 6.88. The molecule has 5 heteroatoms. The van der Waals surface area contributed by atoms with E-state index < -0.39 is 5.91 Å². The normalized spacial score (nSPS) is 11.1. The van der Waals surface area contributed by atoms with Gasteiger partial charge in [0.2, 0.25) is 0 Å². The largest absolute Gasteiger partial charge is 0.488 e. The van der Waals surface area contributed by atoms with Crippen LogP contribution >= 0.6 is 22.6 Å². The van der Waals surface area contributed by atoms with Gasteiger partial charge < -0.3 is 10.1 Å². The van der Waals surface area contributed by atoms with Gasteiger partial charge in [0, 0.05) is 5.69 Å². The van der Waals surface area contributed by atoms with Crippen LogP contribution in [0.2, 0.25) is 0 Å². The van der Waals surface area contributed by atoms with E-state index in [0.29, 0.717) is 12.3 Å². The zero-order valence-corrected chi connectivity index (χ0v) is 20.2. The van der Waals surface area contributed by atoms with E-state index in [2.05, 4.69) is 58.2 Å². The van der Waals surface area contributed by atoms with Crippen molar-refractivity contribution in [2.75, 3.05) is 5.32 Å². The van der Waals surface area contributed by atoms with Crippen LogP contribution in [0, 0.1) is 21.8 Å². The predicted molar refractivity (Wildman–Crippen MR) is 141 cm³/mol. The number of amides is 1. The smallest absolute Gasteiger partial charge is 0.266 e. The molecule has 0 aliphatic heterocycles. The highest BCUT2D eigenvalue weighted by atomic mass is 127. The summed E-state index contributed by atoms with van der Waals surface area (Å²) in [5.74, 6) is 0.321. The molecular formula is C28H21IN2O2. The van der Waals surface area contributed by atoms with E-state index in [-0.39, 0.29) is 5.57 Å². The van der Waals surface area contributed by atoms with Crippen molar-refractivity contribution in [1.29, 1.82) is 5.26 Å². The van der Waals surface area contributed by atoms with Crippen LogP contribution in [0.15, 0.2) is 90.5 Å². The maximum Gasteiger partial charge on any atom is 0.266 e. The van der Waals surface area contributed by atoms with E-state index in [4.69, 9.17) is 4.74 Å². The SMILES string of the molecule is Cc1ccccc1NC(=O)/C(C#N)=C\c1ccc(OCc2ccc3ccccc3c2)c(I)c1. The minimum absolute atomic E-state index is 0.0406. The Labute approximate surface area is 206 Å². The molecule has 0 heterocycles. The number of carbonyl (C=O) groups is 1. The first-order valence-electron chi connectivity index (χ1n) is 10.4. The van der Waals surface area contributed by atoms with Crippen molar-refractivity contribution in [2.24, 2.45) is 0 Å². The molecule has 4 aromatic rings. The summed E-state index contributed by atoms with van der Waals surface area (Å²) in [6.45, 7) is 2.36. The third kappa shape index (κ3) is 5.60. The molecule has 0 saturated heterocycles. The Morgan fingerprint density at radius 3 is 2.52 bits per heavy atom. The number of halogens is 1. The average molecular weight is 544 g/mol. The summed E-state index contributed by atoms with van der Waals surface area (Å²) in [6.07, 6.45) is 1.59. The number of carbonyl (C=O) groups excluding carboxylic acids is 1. The molecule has 0 unspecified atom stereocenters. The summed E-state index contributed by atoms with van der Waals surface area (Å²) in [5, 5.41) is 14.7. The van der Waals surface area contributed by atoms with Gasteiger partial charge in [0.25, 0.3) is 5.91 Å². The highest BCUT2D eigenvalue weighted by Crippen LogP contribution is 2.25. The number of hydrogen-bond donors (Lipinski definition) is 1. The Morgan fingerprint density at radius 2 is 1.76 bits per heavy atom. The minimum atomic E-state index is -0.432. The summed E-state index contributed by atoms with van der Waals surface area (Å²) < 4.78 is 6.93. The highest BCUT2D eigenvalue weighted by molar-refractivity contribution is 14.1. The van der Waals surface area contributed by atoms with Crippen LogP contribution in [0.4, 0.5) is 5.69 Å². The fourth-order valence-electron chi connectivity index (χ4n) is 3.43. The lowest BCUT2D eigenvalue weighted by Gasteiger charge is -2.10. The van der Waals surface area contributed by atoms with Crippen molar-refractivity contribution in [3.8, 4) is 11.8 Å². The second-order valence-corrected chi connectivity index (χ2v) is 8.76. The van der Waals surface area contributed by atoms with Crippen molar-refractivity contribution >= 4 is 51.0 Å². The van der Waals surface area contributed by atoms with Crippen molar-refractivity contribution in [3.05, 3.63) is 111 Å². The summed E-state index contributed by atoms with van der Waals surface area (Å²) >= 11 is 2.20. The molecule has 0 bridgehead atoms. The van der Waals surface area contributed by atoms with Crippen LogP contribution in [-0.2, 0) is 11.4 Å². The van der Waals surface area contributed by atoms with Gasteiger partial charge in [-0.15, -0.1) is 0 Å². The lowest BCUT2D eigenvalue weighted by atomic mass is 10.1. The molecular weight excluding hydrogens is 523 g/mol. The van der Waals surface area contributed by atoms with Gasteiger partial charge in [-0.2, -0.15) is 5.26 Å². The third-order valence-corrected chi connectivity index (χ3v) is 6.08. The number of nitrogens with one attached hydrogen (secondary N) is 1. The van der Waals surface area contributed by atoms with Crippen LogP contribution in [0.3, 0.4) is 0 Å². The van der Waals surface area contributed by atoms with Gasteiger partial charge in [-0.3, -0.25) is 4.79 Å². The summed E-state index contributed by atoms with van der Waals surface area (Å²) in [7, 11) is 0. The molecule has 0 spiro atoms. The van der Waals surface area contributed by atoms with Crippen LogP contribution in [0.5, 0.6) is 5.75 Å². The summed E-state index contributed by atoms with van der Waals surface area (Å²) in [5.41, 5.74) is 3.52. The van der Waals surface area contributed by atoms with E-state index in [1.165, 1.54) is 10.8 Å². The van der Waals surface area contributed by atoms with Gasteiger partial charge in [0.05, 0.1) is 3.57 Å². The summed E-state index contributed by atoms with van der Waals surface area (Å²) in [4.78, 5) is 12.6. The van der Waals surface area contributed by atoms with Crippen LogP contribution in [0.1, 0.15) is 16.7 Å². The van der Waals surface area contributed by atoms with Gasteiger partial charge in [0.15, 0.2) is 0 Å². The highest BCUT2D eigenvalue weighted by Gasteiger charge is 2.11. The quantitative estimate of drug-likeness (QED) is 0.164. The van der Waals surface area contributed by atoms with Crippen molar-refractivity contribution in [3.63, 3.8) is 0 Å². The van der Waals surface area contributed by atoms with Crippen molar-refractivity contribution in [1.82, 2.24) is 0 Å². The fraction of sp³-hybridized carbons (Fsp3) is 0.0714. The topological polar surface area (TPSA) is 62.1 Å². The number of nitrogens with zero attached hydrogens (tertiary/aromatic N) is 1. The number of anilines is 1. The zero-order chi connectivity index (χ0) is 23.2. The van der Waals surface area contributed by atoms with Gasteiger partial charge in [-0.25, -0.2) is 0 Å². The molecule has 1 N–H and O–H groups in total. The molecule has 33 heavy (non-hydrogen) atoms. The second kappa shape index (κ2) is 10.3. The van der Waals surface area contributed by atoms with Gasteiger partial charge in [0.1, 0.15) is 24.0 Å². The molecule has 0 radical (unpaired) electrons. The molecule has 4 nitrogen and oxygen atoms in total. The molecule has 162 valence electrons. The van der Waals surface area contributed by atoms with Crippen LogP contribution in [-0.4, -0.2) is 5.91 Å². The third-order valence-electron chi connectivity index (χ3n) is 5.23. The van der Waals surface area contributed by atoms with Gasteiger partial charge >= 0.3 is 0 Å². The number of hydrogen-bond acceptors (Lipinski definition) is 3. The lowest BCUT2D eigenvalue weighted by molar-refractivity contribution is -0.112. The Bertz CT molecular complexity index is 1400. The number of para-hydroxylation sites is 1. The first-order chi connectivity index (χ1) is 16.0. The van der Waals surface area contributed by atoms with E-state index in [9.17, 15) is 10.1 Å². The Hall–Kier alpha value is -3.63. The van der Waals surface area contributed by atoms with E-state index >= 15 is 0 Å². The van der Waals surface area contributed by atoms with Gasteiger partial charge in [-0.1, -0.05) is 60.7 Å². The molecule has 0 aliphatic carbocycles. The maximum atomic E-state index is 12.6. The first-order valence-corrected chi connectivity index (χ1v) is 11.5. The number of benzene rings is 4. The number of rotatable bonds is 6. The molecule has 0 fully saturated rings. The van der Waals surface area contributed by atoms with Gasteiger partial charge in [-0.05, 0) is 87.3 Å². The standard InChI is InChI=1S/C28H21IN2O2/c1-19-6-2-5-9-26(19)31-28(32)24(17-30)14-20-11-13-27(25(29)16-20)33-18-21-10-12-22-7-3-4-8-23(22)15-21/h2-16H,18H2,1H3,(H,31,32)/b24-14-. The molecule has 0 saturated carbocycles. The Morgan fingerprint density at radius 1 is 1.00 bits per heavy atom.